The van der Waals surface area contributed by atoms with Gasteiger partial charge in [-0.05, 0) is 36.8 Å². The van der Waals surface area contributed by atoms with Crippen molar-refractivity contribution in [2.75, 3.05) is 38.6 Å². The molecular formula is C22H26N2O4. The van der Waals surface area contributed by atoms with Crippen LogP contribution in [0.25, 0.3) is 6.08 Å². The molecule has 0 bridgehead atoms. The second-order valence-corrected chi connectivity index (χ2v) is 6.86. The summed E-state index contributed by atoms with van der Waals surface area (Å²) in [4.78, 5) is 15.1. The van der Waals surface area contributed by atoms with Crippen LogP contribution in [0.3, 0.4) is 0 Å². The number of hydrogen-bond acceptors (Lipinski definition) is 6. The van der Waals surface area contributed by atoms with Crippen molar-refractivity contribution in [2.45, 2.75) is 19.8 Å². The molecule has 6 nitrogen and oxygen atoms in total. The normalized spacial score (nSPS) is 12.8. The standard InChI is InChI=1S/C22H26N2O4/c1-5-6-14(22(25)15-7-8-17(23)18(10-15)24(2)3)9-16-11-20-21(28-13-27-20)12-19(16)26-4/h7-12H,5-6,13,23H2,1-4H3/b14-9+. The summed E-state index contributed by atoms with van der Waals surface area (Å²) in [6.45, 7) is 2.23. The van der Waals surface area contributed by atoms with Gasteiger partial charge >= 0.3 is 0 Å². The molecule has 0 saturated heterocycles. The number of nitrogens with zero attached hydrogens (tertiary/aromatic N) is 1. The van der Waals surface area contributed by atoms with Gasteiger partial charge in [0.05, 0.1) is 18.5 Å². The van der Waals surface area contributed by atoms with Gasteiger partial charge in [0.1, 0.15) is 5.75 Å². The van der Waals surface area contributed by atoms with Gasteiger partial charge in [-0.25, -0.2) is 0 Å². The van der Waals surface area contributed by atoms with Crippen LogP contribution in [0.5, 0.6) is 17.2 Å². The Morgan fingerprint density at radius 2 is 1.93 bits per heavy atom. The summed E-state index contributed by atoms with van der Waals surface area (Å²) in [5.74, 6) is 1.91. The Labute approximate surface area is 165 Å². The molecule has 1 aliphatic heterocycles. The fourth-order valence-electron chi connectivity index (χ4n) is 3.19. The van der Waals surface area contributed by atoms with Crippen LogP contribution in [0, 0.1) is 0 Å². The van der Waals surface area contributed by atoms with E-state index in [-0.39, 0.29) is 12.6 Å². The molecule has 0 atom stereocenters. The van der Waals surface area contributed by atoms with Gasteiger partial charge in [-0.2, -0.15) is 0 Å². The monoisotopic (exact) mass is 382 g/mol. The predicted molar refractivity (Wildman–Crippen MR) is 112 cm³/mol. The second-order valence-electron chi connectivity index (χ2n) is 6.86. The highest BCUT2D eigenvalue weighted by Crippen LogP contribution is 2.39. The van der Waals surface area contributed by atoms with Crippen molar-refractivity contribution in [3.8, 4) is 17.2 Å². The third-order valence-electron chi connectivity index (χ3n) is 4.64. The first-order valence-electron chi connectivity index (χ1n) is 9.24. The van der Waals surface area contributed by atoms with Crippen LogP contribution < -0.4 is 24.8 Å². The van der Waals surface area contributed by atoms with Gasteiger partial charge in [0.2, 0.25) is 6.79 Å². The molecule has 2 aromatic carbocycles. The summed E-state index contributed by atoms with van der Waals surface area (Å²) in [7, 11) is 5.40. The Bertz CT molecular complexity index is 919. The quantitative estimate of drug-likeness (QED) is 0.441. The molecule has 0 aromatic heterocycles. The smallest absolute Gasteiger partial charge is 0.231 e. The Morgan fingerprint density at radius 3 is 2.57 bits per heavy atom. The first-order valence-corrected chi connectivity index (χ1v) is 9.24. The number of hydrogen-bond donors (Lipinski definition) is 1. The number of anilines is 2. The Kier molecular flexibility index (Phi) is 5.78. The number of allylic oxidation sites excluding steroid dienone is 1. The average Bonchev–Trinajstić information content (AvgIpc) is 3.13. The van der Waals surface area contributed by atoms with Crippen molar-refractivity contribution < 1.29 is 19.0 Å². The van der Waals surface area contributed by atoms with E-state index in [0.29, 0.717) is 40.5 Å². The van der Waals surface area contributed by atoms with Crippen molar-refractivity contribution in [1.29, 1.82) is 0 Å². The summed E-state index contributed by atoms with van der Waals surface area (Å²) in [6, 6.07) is 9.00. The van der Waals surface area contributed by atoms with Gasteiger partial charge in [0.15, 0.2) is 17.3 Å². The number of nitrogen functional groups attached to an aromatic ring is 1. The van der Waals surface area contributed by atoms with E-state index in [0.717, 1.165) is 17.7 Å². The van der Waals surface area contributed by atoms with Gasteiger partial charge < -0.3 is 24.8 Å². The third kappa shape index (κ3) is 3.91. The molecule has 0 aliphatic carbocycles. The molecule has 0 fully saturated rings. The minimum atomic E-state index is -0.0235. The van der Waals surface area contributed by atoms with E-state index in [2.05, 4.69) is 0 Å². The Morgan fingerprint density at radius 1 is 1.21 bits per heavy atom. The van der Waals surface area contributed by atoms with Crippen molar-refractivity contribution in [1.82, 2.24) is 0 Å². The van der Waals surface area contributed by atoms with E-state index in [1.54, 1.807) is 25.3 Å². The van der Waals surface area contributed by atoms with E-state index < -0.39 is 0 Å². The van der Waals surface area contributed by atoms with E-state index in [4.69, 9.17) is 19.9 Å². The number of nitrogens with two attached hydrogens (primary N) is 1. The van der Waals surface area contributed by atoms with E-state index in [1.807, 2.05) is 44.1 Å². The van der Waals surface area contributed by atoms with E-state index in [9.17, 15) is 4.79 Å². The summed E-state index contributed by atoms with van der Waals surface area (Å²) >= 11 is 0. The molecule has 1 aliphatic rings. The molecule has 0 spiro atoms. The van der Waals surface area contributed by atoms with Crippen LogP contribution in [0.1, 0.15) is 35.7 Å². The zero-order chi connectivity index (χ0) is 20.3. The van der Waals surface area contributed by atoms with E-state index >= 15 is 0 Å². The molecule has 3 rings (SSSR count). The Hall–Kier alpha value is -3.15. The van der Waals surface area contributed by atoms with Gasteiger partial charge in [0.25, 0.3) is 0 Å². The van der Waals surface area contributed by atoms with Crippen LogP contribution in [-0.2, 0) is 0 Å². The second kappa shape index (κ2) is 8.25. The first-order chi connectivity index (χ1) is 13.4. The molecule has 2 N–H and O–H groups in total. The number of Topliss-reactive ketones (excluding diaryl/α,β-unsaturated/α-hetero) is 1. The van der Waals surface area contributed by atoms with Gasteiger partial charge in [-0.3, -0.25) is 4.79 Å². The first kappa shape index (κ1) is 19.6. The van der Waals surface area contributed by atoms with Crippen molar-refractivity contribution >= 4 is 23.2 Å². The summed E-state index contributed by atoms with van der Waals surface area (Å²) in [5.41, 5.74) is 9.59. The maximum absolute atomic E-state index is 13.2. The molecular weight excluding hydrogens is 356 g/mol. The maximum Gasteiger partial charge on any atom is 0.231 e. The fraction of sp³-hybridized carbons (Fsp3) is 0.318. The number of benzene rings is 2. The lowest BCUT2D eigenvalue weighted by molar-refractivity contribution is 0.103. The topological polar surface area (TPSA) is 74.0 Å². The molecule has 1 heterocycles. The highest BCUT2D eigenvalue weighted by Gasteiger charge is 2.19. The number of methoxy groups -OCH3 is 1. The molecule has 0 radical (unpaired) electrons. The van der Waals surface area contributed by atoms with Crippen molar-refractivity contribution in [2.24, 2.45) is 0 Å². The van der Waals surface area contributed by atoms with Crippen LogP contribution in [0.4, 0.5) is 11.4 Å². The van der Waals surface area contributed by atoms with Crippen LogP contribution in [0.15, 0.2) is 35.9 Å². The average molecular weight is 382 g/mol. The van der Waals surface area contributed by atoms with Crippen molar-refractivity contribution in [3.63, 3.8) is 0 Å². The van der Waals surface area contributed by atoms with Gasteiger partial charge in [0, 0.05) is 36.9 Å². The largest absolute Gasteiger partial charge is 0.496 e. The van der Waals surface area contributed by atoms with Crippen LogP contribution in [-0.4, -0.2) is 33.8 Å². The number of ether oxygens (including phenoxy) is 3. The lowest BCUT2D eigenvalue weighted by atomic mass is 9.96. The van der Waals surface area contributed by atoms with Crippen LogP contribution in [0.2, 0.25) is 0 Å². The summed E-state index contributed by atoms with van der Waals surface area (Å²) < 4.78 is 16.4. The zero-order valence-corrected chi connectivity index (χ0v) is 16.7. The third-order valence-corrected chi connectivity index (χ3v) is 4.64. The Balaban J connectivity index is 2.02. The minimum absolute atomic E-state index is 0.0235. The fourth-order valence-corrected chi connectivity index (χ4v) is 3.19. The zero-order valence-electron chi connectivity index (χ0n) is 16.7. The van der Waals surface area contributed by atoms with Crippen LogP contribution >= 0.6 is 0 Å². The molecule has 2 aromatic rings. The lowest BCUT2D eigenvalue weighted by Gasteiger charge is -2.17. The number of carbonyl (C=O) groups excluding carboxylic acids is 1. The molecule has 148 valence electrons. The SMILES string of the molecule is CCC/C(=C\c1cc2c(cc1OC)OCO2)C(=O)c1ccc(N)c(N(C)C)c1. The minimum Gasteiger partial charge on any atom is -0.496 e. The molecule has 0 unspecified atom stereocenters. The van der Waals surface area contributed by atoms with Gasteiger partial charge in [-0.1, -0.05) is 13.3 Å². The van der Waals surface area contributed by atoms with E-state index in [1.165, 1.54) is 0 Å². The molecule has 0 saturated carbocycles. The highest BCUT2D eigenvalue weighted by molar-refractivity contribution is 6.12. The number of ketones is 1. The predicted octanol–water partition coefficient (Wildman–Crippen LogP) is 4.14. The summed E-state index contributed by atoms with van der Waals surface area (Å²) in [6.07, 6.45) is 3.37. The summed E-state index contributed by atoms with van der Waals surface area (Å²) in [5, 5.41) is 0. The van der Waals surface area contributed by atoms with Gasteiger partial charge in [-0.15, -0.1) is 0 Å². The highest BCUT2D eigenvalue weighted by atomic mass is 16.7. The number of fused-ring (bicyclic) bond motifs is 1. The van der Waals surface area contributed by atoms with Crippen molar-refractivity contribution in [3.05, 3.63) is 47.0 Å². The number of rotatable bonds is 7. The molecule has 6 heteroatoms. The molecule has 0 amide bonds. The number of carbonyl (C=O) groups is 1. The lowest BCUT2D eigenvalue weighted by Crippen LogP contribution is -2.13. The maximum atomic E-state index is 13.2. The molecule has 28 heavy (non-hydrogen) atoms.